The zero-order valence-electron chi connectivity index (χ0n) is 17.5. The number of para-hydroxylation sites is 1. The van der Waals surface area contributed by atoms with Crippen molar-refractivity contribution >= 4 is 21.4 Å². The molecule has 0 bridgehead atoms. The van der Waals surface area contributed by atoms with Crippen molar-refractivity contribution in [1.29, 1.82) is 0 Å². The highest BCUT2D eigenvalue weighted by atomic mass is 32.2. The van der Waals surface area contributed by atoms with Crippen LogP contribution in [0.25, 0.3) is 0 Å². The highest BCUT2D eigenvalue weighted by Gasteiger charge is 2.36. The van der Waals surface area contributed by atoms with Gasteiger partial charge in [0.2, 0.25) is 5.91 Å². The molecule has 2 aliphatic heterocycles. The monoisotopic (exact) mass is 428 g/mol. The molecule has 2 heterocycles. The Balaban J connectivity index is 1.55. The van der Waals surface area contributed by atoms with E-state index in [0.717, 1.165) is 23.4 Å². The molecule has 2 atom stereocenters. The summed E-state index contributed by atoms with van der Waals surface area (Å²) in [6, 6.07) is 15.7. The Morgan fingerprint density at radius 3 is 2.57 bits per heavy atom. The average molecular weight is 429 g/mol. The smallest absolute Gasteiger partial charge is 0.241 e. The van der Waals surface area contributed by atoms with Crippen molar-refractivity contribution in [2.45, 2.75) is 38.4 Å². The van der Waals surface area contributed by atoms with E-state index >= 15 is 0 Å². The third kappa shape index (κ3) is 4.37. The molecule has 1 fully saturated rings. The van der Waals surface area contributed by atoms with E-state index < -0.39 is 9.84 Å². The van der Waals surface area contributed by atoms with Gasteiger partial charge in [-0.25, -0.2) is 8.42 Å². The summed E-state index contributed by atoms with van der Waals surface area (Å²) in [6.45, 7) is 2.79. The van der Waals surface area contributed by atoms with Crippen LogP contribution in [0.4, 0.5) is 5.69 Å². The second kappa shape index (κ2) is 8.40. The largest absolute Gasteiger partial charge is 0.497 e. The Hall–Kier alpha value is -2.38. The number of carbonyl (C=O) groups excluding carboxylic acids is 1. The summed E-state index contributed by atoms with van der Waals surface area (Å²) in [4.78, 5) is 17.3. The van der Waals surface area contributed by atoms with Crippen LogP contribution in [-0.4, -0.2) is 56.5 Å². The summed E-state index contributed by atoms with van der Waals surface area (Å²) < 4.78 is 29.4. The van der Waals surface area contributed by atoms with Gasteiger partial charge in [0.15, 0.2) is 9.84 Å². The molecular weight excluding hydrogens is 400 g/mol. The lowest BCUT2D eigenvalue weighted by molar-refractivity contribution is -0.120. The molecular formula is C23H28N2O4S. The lowest BCUT2D eigenvalue weighted by atomic mass is 10.1. The molecule has 30 heavy (non-hydrogen) atoms. The van der Waals surface area contributed by atoms with Crippen molar-refractivity contribution in [3.63, 3.8) is 0 Å². The maximum absolute atomic E-state index is 13.4. The van der Waals surface area contributed by atoms with E-state index in [1.165, 1.54) is 5.56 Å². The van der Waals surface area contributed by atoms with E-state index in [2.05, 4.69) is 13.0 Å². The molecule has 0 N–H and O–H groups in total. The van der Waals surface area contributed by atoms with E-state index in [4.69, 9.17) is 4.74 Å². The van der Waals surface area contributed by atoms with E-state index in [9.17, 15) is 13.2 Å². The fourth-order valence-electron chi connectivity index (χ4n) is 4.54. The molecule has 0 spiro atoms. The van der Waals surface area contributed by atoms with Crippen molar-refractivity contribution in [3.05, 3.63) is 59.7 Å². The number of sulfone groups is 1. The van der Waals surface area contributed by atoms with Crippen molar-refractivity contribution < 1.29 is 17.9 Å². The maximum atomic E-state index is 13.4. The Morgan fingerprint density at radius 2 is 1.90 bits per heavy atom. The Kier molecular flexibility index (Phi) is 5.84. The summed E-state index contributed by atoms with van der Waals surface area (Å²) in [5.74, 6) is 1.09. The number of rotatable bonds is 6. The number of carbonyl (C=O) groups is 1. The van der Waals surface area contributed by atoms with Gasteiger partial charge in [-0.1, -0.05) is 30.3 Å². The number of fused-ring (bicyclic) bond motifs is 1. The van der Waals surface area contributed by atoms with Crippen molar-refractivity contribution in [3.8, 4) is 5.75 Å². The first kappa shape index (κ1) is 20.9. The third-order valence-corrected chi connectivity index (χ3v) is 7.83. The first-order chi connectivity index (χ1) is 14.4. The van der Waals surface area contributed by atoms with Gasteiger partial charge < -0.3 is 9.64 Å². The number of benzene rings is 2. The summed E-state index contributed by atoms with van der Waals surface area (Å²) in [6.07, 6.45) is 1.41. The fourth-order valence-corrected chi connectivity index (χ4v) is 6.30. The predicted octanol–water partition coefficient (Wildman–Crippen LogP) is 2.66. The molecule has 1 amide bonds. The predicted molar refractivity (Wildman–Crippen MR) is 118 cm³/mol. The van der Waals surface area contributed by atoms with Crippen LogP contribution in [0.5, 0.6) is 5.75 Å². The van der Waals surface area contributed by atoms with Crippen LogP contribution >= 0.6 is 0 Å². The lowest BCUT2D eigenvalue weighted by Gasteiger charge is -2.31. The maximum Gasteiger partial charge on any atom is 0.241 e. The first-order valence-corrected chi connectivity index (χ1v) is 12.2. The van der Waals surface area contributed by atoms with E-state index in [-0.39, 0.29) is 36.0 Å². The van der Waals surface area contributed by atoms with E-state index in [1.807, 2.05) is 52.3 Å². The van der Waals surface area contributed by atoms with Gasteiger partial charge in [-0.3, -0.25) is 9.69 Å². The molecule has 1 saturated heterocycles. The van der Waals surface area contributed by atoms with Crippen LogP contribution in [0.2, 0.25) is 0 Å². The van der Waals surface area contributed by atoms with Gasteiger partial charge >= 0.3 is 0 Å². The molecule has 0 radical (unpaired) electrons. The molecule has 2 aromatic rings. The summed E-state index contributed by atoms with van der Waals surface area (Å²) in [7, 11) is -1.42. The number of ether oxygens (including phenoxy) is 1. The van der Waals surface area contributed by atoms with Gasteiger partial charge in [-0.05, 0) is 49.1 Å². The number of anilines is 1. The topological polar surface area (TPSA) is 66.9 Å². The third-order valence-electron chi connectivity index (χ3n) is 6.08. The van der Waals surface area contributed by atoms with E-state index in [1.54, 1.807) is 7.11 Å². The van der Waals surface area contributed by atoms with Gasteiger partial charge in [0.05, 0.1) is 25.2 Å². The molecule has 6 nitrogen and oxygen atoms in total. The average Bonchev–Trinajstić information content (AvgIpc) is 3.26. The van der Waals surface area contributed by atoms with Gasteiger partial charge in [-0.15, -0.1) is 0 Å². The van der Waals surface area contributed by atoms with Crippen LogP contribution in [0, 0.1) is 0 Å². The molecule has 0 saturated carbocycles. The zero-order chi connectivity index (χ0) is 21.3. The number of hydrogen-bond acceptors (Lipinski definition) is 5. The van der Waals surface area contributed by atoms with Crippen molar-refractivity contribution in [1.82, 2.24) is 4.90 Å². The van der Waals surface area contributed by atoms with Gasteiger partial charge in [-0.2, -0.15) is 0 Å². The quantitative estimate of drug-likeness (QED) is 0.708. The first-order valence-electron chi connectivity index (χ1n) is 10.3. The zero-order valence-corrected chi connectivity index (χ0v) is 18.3. The Labute approximate surface area is 178 Å². The molecule has 0 aliphatic carbocycles. The summed E-state index contributed by atoms with van der Waals surface area (Å²) in [5.41, 5.74) is 3.18. The molecule has 4 rings (SSSR count). The van der Waals surface area contributed by atoms with Crippen LogP contribution in [0.1, 0.15) is 24.5 Å². The van der Waals surface area contributed by atoms with Crippen LogP contribution in [0.15, 0.2) is 48.5 Å². The molecule has 0 unspecified atom stereocenters. The number of methoxy groups -OCH3 is 1. The van der Waals surface area contributed by atoms with Crippen LogP contribution < -0.4 is 9.64 Å². The highest BCUT2D eigenvalue weighted by Crippen LogP contribution is 2.32. The number of nitrogens with zero attached hydrogens (tertiary/aromatic N) is 2. The number of hydrogen-bond donors (Lipinski definition) is 0. The highest BCUT2D eigenvalue weighted by molar-refractivity contribution is 7.91. The van der Waals surface area contributed by atoms with Gasteiger partial charge in [0, 0.05) is 24.3 Å². The minimum absolute atomic E-state index is 0.0188. The second-order valence-corrected chi connectivity index (χ2v) is 10.5. The molecule has 2 aliphatic rings. The Bertz CT molecular complexity index is 1020. The number of amides is 1. The fraction of sp³-hybridized carbons (Fsp3) is 0.435. The second-order valence-electron chi connectivity index (χ2n) is 8.26. The standard InChI is InChI=1S/C23H28N2O4S/c1-17-13-19-5-3-4-6-22(19)25(17)23(26)15-24(20-11-12-30(27,28)16-20)14-18-7-9-21(29-2)10-8-18/h3-10,17,20H,11-16H2,1-2H3/t17-,20-/m1/s1. The summed E-state index contributed by atoms with van der Waals surface area (Å²) >= 11 is 0. The van der Waals surface area contributed by atoms with Crippen LogP contribution in [0.3, 0.4) is 0 Å². The lowest BCUT2D eigenvalue weighted by Crippen LogP contribution is -2.46. The SMILES string of the molecule is COc1ccc(CN(CC(=O)N2c3ccccc3C[C@H]2C)[C@@H]2CCS(=O)(=O)C2)cc1. The van der Waals surface area contributed by atoms with Gasteiger partial charge in [0.1, 0.15) is 5.75 Å². The minimum Gasteiger partial charge on any atom is -0.497 e. The van der Waals surface area contributed by atoms with Gasteiger partial charge in [0.25, 0.3) is 0 Å². The molecule has 2 aromatic carbocycles. The molecule has 0 aromatic heterocycles. The van der Waals surface area contributed by atoms with Crippen molar-refractivity contribution in [2.24, 2.45) is 0 Å². The van der Waals surface area contributed by atoms with E-state index in [0.29, 0.717) is 13.0 Å². The summed E-state index contributed by atoms with van der Waals surface area (Å²) in [5, 5.41) is 0. The molecule has 7 heteroatoms. The molecule has 160 valence electrons. The minimum atomic E-state index is -3.04. The van der Waals surface area contributed by atoms with Crippen molar-refractivity contribution in [2.75, 3.05) is 30.1 Å². The van der Waals surface area contributed by atoms with Crippen LogP contribution in [-0.2, 0) is 27.6 Å². The normalized spacial score (nSPS) is 22.3. The Morgan fingerprint density at radius 1 is 1.17 bits per heavy atom.